The summed E-state index contributed by atoms with van der Waals surface area (Å²) in [4.78, 5) is 51.0. The molecule has 1 heterocycles. The van der Waals surface area contributed by atoms with Crippen molar-refractivity contribution in [3.63, 3.8) is 0 Å². The third-order valence-corrected chi connectivity index (χ3v) is 5.72. The SMILES string of the molecule is CC(O)C(N)C(=O)N1CCCC1C(=O)NC(Cc1ccccc1)C(=O)NC(CS)C(=O)O. The molecule has 5 unspecified atom stereocenters. The summed E-state index contributed by atoms with van der Waals surface area (Å²) in [5.41, 5.74) is 6.52. The number of carbonyl (C=O) groups is 4. The van der Waals surface area contributed by atoms with Crippen LogP contribution in [0.15, 0.2) is 30.3 Å². The molecule has 10 nitrogen and oxygen atoms in total. The molecule has 0 saturated carbocycles. The Labute approximate surface area is 191 Å². The lowest BCUT2D eigenvalue weighted by molar-refractivity contribution is -0.143. The van der Waals surface area contributed by atoms with E-state index in [4.69, 9.17) is 5.73 Å². The maximum Gasteiger partial charge on any atom is 0.327 e. The average Bonchev–Trinajstić information content (AvgIpc) is 3.26. The van der Waals surface area contributed by atoms with E-state index in [9.17, 15) is 29.4 Å². The molecule has 11 heteroatoms. The zero-order valence-electron chi connectivity index (χ0n) is 17.8. The molecule has 1 fully saturated rings. The first kappa shape index (κ1) is 25.6. The van der Waals surface area contributed by atoms with Gasteiger partial charge >= 0.3 is 5.97 Å². The fraction of sp³-hybridized carbons (Fsp3) is 0.524. The van der Waals surface area contributed by atoms with Gasteiger partial charge in [0.05, 0.1) is 6.10 Å². The van der Waals surface area contributed by atoms with Crippen LogP contribution >= 0.6 is 12.6 Å². The van der Waals surface area contributed by atoms with Gasteiger partial charge in [-0.1, -0.05) is 30.3 Å². The Hall–Kier alpha value is -2.63. The summed E-state index contributed by atoms with van der Waals surface area (Å²) in [5, 5.41) is 23.9. The molecule has 1 aliphatic heterocycles. The van der Waals surface area contributed by atoms with Gasteiger partial charge < -0.3 is 31.5 Å². The highest BCUT2D eigenvalue weighted by molar-refractivity contribution is 7.80. The molecule has 1 aromatic carbocycles. The summed E-state index contributed by atoms with van der Waals surface area (Å²) < 4.78 is 0. The van der Waals surface area contributed by atoms with E-state index >= 15 is 0 Å². The van der Waals surface area contributed by atoms with Gasteiger partial charge in [0.1, 0.15) is 24.2 Å². The smallest absolute Gasteiger partial charge is 0.327 e. The van der Waals surface area contributed by atoms with Crippen molar-refractivity contribution < 1.29 is 29.4 Å². The fourth-order valence-electron chi connectivity index (χ4n) is 3.49. The van der Waals surface area contributed by atoms with E-state index in [2.05, 4.69) is 23.3 Å². The lowest BCUT2D eigenvalue weighted by Crippen LogP contribution is -2.58. The second kappa shape index (κ2) is 11.8. The molecule has 6 N–H and O–H groups in total. The monoisotopic (exact) mass is 466 g/mol. The Morgan fingerprint density at radius 2 is 1.84 bits per heavy atom. The number of carboxylic acids is 1. The number of carboxylic acid groups (broad SMARTS) is 1. The Bertz CT molecular complexity index is 822. The minimum atomic E-state index is -1.24. The summed E-state index contributed by atoms with van der Waals surface area (Å²) in [7, 11) is 0. The second-order valence-electron chi connectivity index (χ2n) is 7.79. The van der Waals surface area contributed by atoms with E-state index in [0.29, 0.717) is 19.4 Å². The van der Waals surface area contributed by atoms with E-state index in [1.807, 2.05) is 6.07 Å². The van der Waals surface area contributed by atoms with Crippen molar-refractivity contribution in [1.29, 1.82) is 0 Å². The largest absolute Gasteiger partial charge is 0.480 e. The van der Waals surface area contributed by atoms with Crippen LogP contribution in [0.4, 0.5) is 0 Å². The second-order valence-corrected chi connectivity index (χ2v) is 8.15. The normalized spacial score (nSPS) is 19.5. The van der Waals surface area contributed by atoms with E-state index < -0.39 is 54.0 Å². The molecule has 1 aromatic rings. The van der Waals surface area contributed by atoms with Crippen molar-refractivity contribution >= 4 is 36.3 Å². The Balaban J connectivity index is 2.18. The molecule has 0 aliphatic carbocycles. The van der Waals surface area contributed by atoms with Crippen LogP contribution in [0.2, 0.25) is 0 Å². The van der Waals surface area contributed by atoms with E-state index in [1.54, 1.807) is 24.3 Å². The molecule has 2 rings (SSSR count). The molecule has 0 spiro atoms. The Kier molecular flexibility index (Phi) is 9.48. The molecule has 1 aliphatic rings. The number of nitrogens with one attached hydrogen (secondary N) is 2. The molecule has 5 atom stereocenters. The standard InChI is InChI=1S/C21H30N4O6S/c1-12(26)17(22)20(29)25-9-5-8-16(25)19(28)23-14(10-13-6-3-2-4-7-13)18(27)24-15(11-32)21(30)31/h2-4,6-7,12,14-17,26,32H,5,8-11,22H2,1H3,(H,23,28)(H,24,27)(H,30,31). The zero-order valence-corrected chi connectivity index (χ0v) is 18.7. The fourth-order valence-corrected chi connectivity index (χ4v) is 3.73. The lowest BCUT2D eigenvalue weighted by atomic mass is 10.0. The molecule has 3 amide bonds. The van der Waals surface area contributed by atoms with Gasteiger partial charge in [0.2, 0.25) is 17.7 Å². The van der Waals surface area contributed by atoms with Crippen molar-refractivity contribution in [1.82, 2.24) is 15.5 Å². The van der Waals surface area contributed by atoms with Crippen LogP contribution in [0.3, 0.4) is 0 Å². The van der Waals surface area contributed by atoms with Crippen LogP contribution in [0, 0.1) is 0 Å². The van der Waals surface area contributed by atoms with Gasteiger partial charge in [-0.15, -0.1) is 0 Å². The predicted octanol–water partition coefficient (Wildman–Crippen LogP) is -1.09. The third-order valence-electron chi connectivity index (χ3n) is 5.36. The zero-order chi connectivity index (χ0) is 23.8. The molecular formula is C21H30N4O6S. The first-order valence-electron chi connectivity index (χ1n) is 10.4. The lowest BCUT2D eigenvalue weighted by Gasteiger charge is -2.29. The minimum absolute atomic E-state index is 0.116. The van der Waals surface area contributed by atoms with Crippen molar-refractivity contribution in [2.24, 2.45) is 5.73 Å². The summed E-state index contributed by atoms with van der Waals surface area (Å²) in [6.45, 7) is 1.71. The molecule has 0 aromatic heterocycles. The van der Waals surface area contributed by atoms with Gasteiger partial charge in [-0.25, -0.2) is 4.79 Å². The van der Waals surface area contributed by atoms with Gasteiger partial charge in [-0.3, -0.25) is 14.4 Å². The number of hydrogen-bond donors (Lipinski definition) is 6. The van der Waals surface area contributed by atoms with Crippen molar-refractivity contribution in [3.8, 4) is 0 Å². The maximum absolute atomic E-state index is 13.0. The summed E-state index contributed by atoms with van der Waals surface area (Å²) in [6, 6.07) is 4.69. The number of carbonyl (C=O) groups excluding carboxylic acids is 3. The molecular weight excluding hydrogens is 436 g/mol. The van der Waals surface area contributed by atoms with Crippen LogP contribution in [-0.2, 0) is 25.6 Å². The number of benzene rings is 1. The van der Waals surface area contributed by atoms with Gasteiger partial charge in [0.25, 0.3) is 0 Å². The van der Waals surface area contributed by atoms with Gasteiger partial charge in [-0.2, -0.15) is 12.6 Å². The summed E-state index contributed by atoms with van der Waals surface area (Å²) in [5.74, 6) is -3.10. The van der Waals surface area contributed by atoms with Crippen LogP contribution in [-0.4, -0.2) is 81.4 Å². The highest BCUT2D eigenvalue weighted by Gasteiger charge is 2.38. The van der Waals surface area contributed by atoms with Crippen LogP contribution in [0.25, 0.3) is 0 Å². The van der Waals surface area contributed by atoms with Gasteiger partial charge in [0.15, 0.2) is 0 Å². The first-order chi connectivity index (χ1) is 15.1. The number of nitrogens with two attached hydrogens (primary N) is 1. The minimum Gasteiger partial charge on any atom is -0.480 e. The Morgan fingerprint density at radius 3 is 2.41 bits per heavy atom. The molecule has 32 heavy (non-hydrogen) atoms. The third kappa shape index (κ3) is 6.68. The van der Waals surface area contributed by atoms with Crippen LogP contribution < -0.4 is 16.4 Å². The number of nitrogens with zero attached hydrogens (tertiary/aromatic N) is 1. The predicted molar refractivity (Wildman–Crippen MR) is 120 cm³/mol. The maximum atomic E-state index is 13.0. The number of thiol groups is 1. The number of aliphatic hydroxyl groups excluding tert-OH is 1. The van der Waals surface area contributed by atoms with Crippen LogP contribution in [0.5, 0.6) is 0 Å². The van der Waals surface area contributed by atoms with Crippen LogP contribution in [0.1, 0.15) is 25.3 Å². The Morgan fingerprint density at radius 1 is 1.19 bits per heavy atom. The van der Waals surface area contributed by atoms with Crippen molar-refractivity contribution in [2.75, 3.05) is 12.3 Å². The number of likely N-dealkylation sites (tertiary alicyclic amines) is 1. The van der Waals surface area contributed by atoms with E-state index in [0.717, 1.165) is 5.56 Å². The topological polar surface area (TPSA) is 162 Å². The highest BCUT2D eigenvalue weighted by atomic mass is 32.1. The molecule has 176 valence electrons. The number of aliphatic carboxylic acids is 1. The number of hydrogen-bond acceptors (Lipinski definition) is 7. The first-order valence-corrected chi connectivity index (χ1v) is 11.0. The molecule has 1 saturated heterocycles. The molecule has 0 radical (unpaired) electrons. The van der Waals surface area contributed by atoms with Crippen molar-refractivity contribution in [2.45, 2.75) is 56.5 Å². The number of amides is 3. The highest BCUT2D eigenvalue weighted by Crippen LogP contribution is 2.19. The van der Waals surface area contributed by atoms with E-state index in [-0.39, 0.29) is 12.2 Å². The van der Waals surface area contributed by atoms with Crippen molar-refractivity contribution in [3.05, 3.63) is 35.9 Å². The van der Waals surface area contributed by atoms with Gasteiger partial charge in [-0.05, 0) is 25.3 Å². The van der Waals surface area contributed by atoms with Gasteiger partial charge in [0, 0.05) is 18.7 Å². The summed E-state index contributed by atoms with van der Waals surface area (Å²) in [6.07, 6.45) is 0.0216. The number of rotatable bonds is 10. The number of aliphatic hydroxyl groups is 1. The molecule has 0 bridgehead atoms. The quantitative estimate of drug-likeness (QED) is 0.239. The summed E-state index contributed by atoms with van der Waals surface area (Å²) >= 11 is 3.95. The van der Waals surface area contributed by atoms with E-state index in [1.165, 1.54) is 11.8 Å². The average molecular weight is 467 g/mol.